The highest BCUT2D eigenvalue weighted by Gasteiger charge is 2.46. The number of nitrogens with zero attached hydrogens (tertiary/aromatic N) is 2. The molecule has 8 nitrogen and oxygen atoms in total. The van der Waals surface area contributed by atoms with Crippen molar-refractivity contribution in [2.45, 2.75) is 33.7 Å². The summed E-state index contributed by atoms with van der Waals surface area (Å²) in [5, 5.41) is 11.4. The van der Waals surface area contributed by atoms with Crippen molar-refractivity contribution in [3.8, 4) is 0 Å². The first-order chi connectivity index (χ1) is 16.2. The molecule has 1 amide bonds. The van der Waals surface area contributed by atoms with E-state index in [1.165, 1.54) is 12.0 Å². The van der Waals surface area contributed by atoms with E-state index < -0.39 is 23.7 Å². The molecule has 34 heavy (non-hydrogen) atoms. The molecular formula is C25H30BrN3O5. The molecule has 1 aliphatic heterocycles. The number of aliphatic hydroxyl groups excluding tert-OH is 1. The van der Waals surface area contributed by atoms with E-state index in [1.807, 2.05) is 38.1 Å². The summed E-state index contributed by atoms with van der Waals surface area (Å²) in [6.07, 6.45) is 0. The van der Waals surface area contributed by atoms with Crippen LogP contribution in [0.25, 0.3) is 5.76 Å². The Morgan fingerprint density at radius 2 is 1.91 bits per heavy atom. The van der Waals surface area contributed by atoms with Gasteiger partial charge in [-0.25, -0.2) is 4.79 Å². The summed E-state index contributed by atoms with van der Waals surface area (Å²) in [6.45, 7) is 10.0. The summed E-state index contributed by atoms with van der Waals surface area (Å²) in [7, 11) is 1.27. The van der Waals surface area contributed by atoms with Crippen LogP contribution in [-0.4, -0.2) is 70.8 Å². The minimum atomic E-state index is -0.761. The molecule has 2 aromatic rings. The van der Waals surface area contributed by atoms with Crippen molar-refractivity contribution in [3.05, 3.63) is 62.4 Å². The van der Waals surface area contributed by atoms with Crippen LogP contribution >= 0.6 is 15.9 Å². The number of halogens is 1. The Kier molecular flexibility index (Phi) is 7.99. The largest absolute Gasteiger partial charge is 0.507 e. The number of amides is 1. The molecule has 182 valence electrons. The summed E-state index contributed by atoms with van der Waals surface area (Å²) < 4.78 is 5.61. The standard InChI is InChI=1S/C25H30BrN3O5/c1-6-28(7-2)11-12-29-21(16-9-8-10-17(26)13-16)19(23(31)24(29)32)22(30)18-14(3)20(25(33)34-5)27-15(18)4/h8-10,13,21,27,30H,6-7,11-12H2,1-5H3/b22-19+/t21-/m0/s1. The molecule has 1 saturated heterocycles. The SMILES string of the molecule is CCN(CC)CCN1C(=O)C(=O)/C(=C(/O)c2c(C)[nH]c(C(=O)OC)c2C)[C@@H]1c1cccc(Br)c1. The van der Waals surface area contributed by atoms with Crippen LogP contribution < -0.4 is 0 Å². The molecule has 1 aromatic heterocycles. The number of carbonyl (C=O) groups is 3. The Balaban J connectivity index is 2.19. The van der Waals surface area contributed by atoms with Gasteiger partial charge in [-0.3, -0.25) is 9.59 Å². The Labute approximate surface area is 207 Å². The molecule has 1 aliphatic rings. The maximum atomic E-state index is 13.3. The third-order valence-corrected chi connectivity index (χ3v) is 6.81. The molecule has 0 aliphatic carbocycles. The summed E-state index contributed by atoms with van der Waals surface area (Å²) in [5.74, 6) is -2.29. The van der Waals surface area contributed by atoms with Crippen molar-refractivity contribution >= 4 is 39.3 Å². The van der Waals surface area contributed by atoms with E-state index in [-0.39, 0.29) is 17.0 Å². The van der Waals surface area contributed by atoms with Gasteiger partial charge in [-0.05, 0) is 50.2 Å². The number of H-pyrrole nitrogens is 1. The highest BCUT2D eigenvalue weighted by molar-refractivity contribution is 9.10. The number of rotatable bonds is 8. The minimum absolute atomic E-state index is 0.00395. The highest BCUT2D eigenvalue weighted by atomic mass is 79.9. The van der Waals surface area contributed by atoms with Crippen molar-refractivity contribution in [1.29, 1.82) is 0 Å². The van der Waals surface area contributed by atoms with Gasteiger partial charge in [0.05, 0.1) is 18.7 Å². The van der Waals surface area contributed by atoms with Crippen LogP contribution in [0.4, 0.5) is 0 Å². The number of likely N-dealkylation sites (N-methyl/N-ethyl adjacent to an activating group) is 1. The molecule has 0 bridgehead atoms. The average Bonchev–Trinajstić information content (AvgIpc) is 3.26. The van der Waals surface area contributed by atoms with Gasteiger partial charge in [0.1, 0.15) is 11.5 Å². The van der Waals surface area contributed by atoms with E-state index in [1.54, 1.807) is 13.8 Å². The van der Waals surface area contributed by atoms with E-state index in [0.717, 1.165) is 17.6 Å². The van der Waals surface area contributed by atoms with Gasteiger partial charge in [0.15, 0.2) is 0 Å². The molecule has 1 fully saturated rings. The molecule has 0 radical (unpaired) electrons. The molecule has 3 rings (SSSR count). The van der Waals surface area contributed by atoms with Gasteiger partial charge in [0, 0.05) is 28.8 Å². The summed E-state index contributed by atoms with van der Waals surface area (Å²) in [5.41, 5.74) is 2.17. The second kappa shape index (κ2) is 10.6. The molecule has 0 saturated carbocycles. The first-order valence-electron chi connectivity index (χ1n) is 11.2. The molecular weight excluding hydrogens is 502 g/mol. The topological polar surface area (TPSA) is 103 Å². The predicted octanol–water partition coefficient (Wildman–Crippen LogP) is 3.94. The zero-order valence-electron chi connectivity index (χ0n) is 20.1. The summed E-state index contributed by atoms with van der Waals surface area (Å²) >= 11 is 3.46. The lowest BCUT2D eigenvalue weighted by Gasteiger charge is -2.28. The maximum Gasteiger partial charge on any atom is 0.354 e. The fraction of sp³-hybridized carbons (Fsp3) is 0.400. The van der Waals surface area contributed by atoms with Crippen molar-refractivity contribution in [2.75, 3.05) is 33.3 Å². The lowest BCUT2D eigenvalue weighted by molar-refractivity contribution is -0.140. The first-order valence-corrected chi connectivity index (χ1v) is 12.0. The van der Waals surface area contributed by atoms with E-state index in [4.69, 9.17) is 4.74 Å². The third-order valence-electron chi connectivity index (χ3n) is 6.32. The number of hydrogen-bond acceptors (Lipinski definition) is 6. The smallest absolute Gasteiger partial charge is 0.354 e. The normalized spacial score (nSPS) is 17.6. The van der Waals surface area contributed by atoms with Gasteiger partial charge in [0.25, 0.3) is 11.7 Å². The lowest BCUT2D eigenvalue weighted by Crippen LogP contribution is -2.38. The van der Waals surface area contributed by atoms with E-state index in [2.05, 4.69) is 25.8 Å². The fourth-order valence-electron chi connectivity index (χ4n) is 4.47. The maximum absolute atomic E-state index is 13.3. The van der Waals surface area contributed by atoms with Gasteiger partial charge in [0.2, 0.25) is 0 Å². The van der Waals surface area contributed by atoms with Gasteiger partial charge in [-0.15, -0.1) is 0 Å². The van der Waals surface area contributed by atoms with Crippen LogP contribution in [0, 0.1) is 13.8 Å². The predicted molar refractivity (Wildman–Crippen MR) is 133 cm³/mol. The molecule has 9 heteroatoms. The van der Waals surface area contributed by atoms with Crippen molar-refractivity contribution in [2.24, 2.45) is 0 Å². The van der Waals surface area contributed by atoms with Crippen molar-refractivity contribution in [3.63, 3.8) is 0 Å². The number of likely N-dealkylation sites (tertiary alicyclic amines) is 1. The van der Waals surface area contributed by atoms with E-state index >= 15 is 0 Å². The number of methoxy groups -OCH3 is 1. The number of benzene rings is 1. The number of nitrogens with one attached hydrogen (secondary N) is 1. The number of ether oxygens (including phenoxy) is 1. The molecule has 1 aromatic carbocycles. The molecule has 2 N–H and O–H groups in total. The average molecular weight is 532 g/mol. The number of hydrogen-bond donors (Lipinski definition) is 2. The Morgan fingerprint density at radius 3 is 2.50 bits per heavy atom. The van der Waals surface area contributed by atoms with Crippen LogP contribution in [0.15, 0.2) is 34.3 Å². The van der Waals surface area contributed by atoms with E-state index in [0.29, 0.717) is 35.5 Å². The fourth-order valence-corrected chi connectivity index (χ4v) is 4.89. The monoisotopic (exact) mass is 531 g/mol. The number of aromatic amines is 1. The van der Waals surface area contributed by atoms with Crippen LogP contribution in [0.5, 0.6) is 0 Å². The van der Waals surface area contributed by atoms with Gasteiger partial charge in [-0.2, -0.15) is 0 Å². The zero-order valence-corrected chi connectivity index (χ0v) is 21.7. The number of aliphatic hydroxyl groups is 1. The minimum Gasteiger partial charge on any atom is -0.507 e. The number of Topliss-reactive ketones (excluding diaryl/α,β-unsaturated/α-hetero) is 1. The highest BCUT2D eigenvalue weighted by Crippen LogP contribution is 2.41. The van der Waals surface area contributed by atoms with Crippen LogP contribution in [-0.2, 0) is 14.3 Å². The number of esters is 1. The Morgan fingerprint density at radius 1 is 1.24 bits per heavy atom. The number of aryl methyl sites for hydroxylation is 1. The van der Waals surface area contributed by atoms with Gasteiger partial charge in [-0.1, -0.05) is 41.9 Å². The molecule has 2 heterocycles. The van der Waals surface area contributed by atoms with Crippen LogP contribution in [0.2, 0.25) is 0 Å². The molecule has 0 unspecified atom stereocenters. The van der Waals surface area contributed by atoms with Crippen LogP contribution in [0.3, 0.4) is 0 Å². The third kappa shape index (κ3) is 4.67. The van der Waals surface area contributed by atoms with Crippen molar-refractivity contribution in [1.82, 2.24) is 14.8 Å². The second-order valence-corrected chi connectivity index (χ2v) is 9.11. The van der Waals surface area contributed by atoms with E-state index in [9.17, 15) is 19.5 Å². The van der Waals surface area contributed by atoms with Gasteiger partial charge >= 0.3 is 5.97 Å². The van der Waals surface area contributed by atoms with Crippen molar-refractivity contribution < 1.29 is 24.2 Å². The quantitative estimate of drug-likeness (QED) is 0.231. The van der Waals surface area contributed by atoms with Crippen LogP contribution in [0.1, 0.15) is 52.8 Å². The number of aromatic nitrogens is 1. The summed E-state index contributed by atoms with van der Waals surface area (Å²) in [6, 6.07) is 6.59. The van der Waals surface area contributed by atoms with Gasteiger partial charge < -0.3 is 24.6 Å². The number of ketones is 1. The first kappa shape index (κ1) is 25.7. The molecule has 0 spiro atoms. The summed E-state index contributed by atoms with van der Waals surface area (Å²) in [4.78, 5) is 45.2. The second-order valence-electron chi connectivity index (χ2n) is 8.19. The lowest BCUT2D eigenvalue weighted by atomic mass is 9.94. The Hall–Kier alpha value is -2.91. The zero-order chi connectivity index (χ0) is 25.2. The molecule has 1 atom stereocenters. The Bertz CT molecular complexity index is 1150. The number of carbonyl (C=O) groups excluding carboxylic acids is 3.